The van der Waals surface area contributed by atoms with Crippen LogP contribution in [0.2, 0.25) is 0 Å². The Bertz CT molecular complexity index is 694. The van der Waals surface area contributed by atoms with E-state index in [4.69, 9.17) is 15.2 Å². The summed E-state index contributed by atoms with van der Waals surface area (Å²) in [5.74, 6) is 1.22. The molecule has 25 heavy (non-hydrogen) atoms. The second kappa shape index (κ2) is 8.48. The number of ether oxygens (including phenoxy) is 2. The molecule has 1 amide bonds. The maximum atomic E-state index is 11.6. The van der Waals surface area contributed by atoms with Gasteiger partial charge in [-0.25, -0.2) is 9.78 Å². The Morgan fingerprint density at radius 1 is 1.16 bits per heavy atom. The van der Waals surface area contributed by atoms with Gasteiger partial charge in [-0.1, -0.05) is 12.1 Å². The highest BCUT2D eigenvalue weighted by Gasteiger charge is 2.15. The van der Waals surface area contributed by atoms with E-state index in [1.165, 1.54) is 0 Å². The second-order valence-corrected chi connectivity index (χ2v) is 6.63. The Morgan fingerprint density at radius 3 is 2.52 bits per heavy atom. The lowest BCUT2D eigenvalue weighted by Crippen LogP contribution is -2.33. The maximum absolute atomic E-state index is 11.6. The number of nitrogens with one attached hydrogen (secondary N) is 1. The fourth-order valence-electron chi connectivity index (χ4n) is 2.10. The van der Waals surface area contributed by atoms with Gasteiger partial charge in [-0.2, -0.15) is 0 Å². The largest absolute Gasteiger partial charge is 0.444 e. The summed E-state index contributed by atoms with van der Waals surface area (Å²) in [6.45, 7) is 6.47. The van der Waals surface area contributed by atoms with Crippen LogP contribution in [0.1, 0.15) is 31.9 Å². The Morgan fingerprint density at radius 2 is 1.88 bits per heavy atom. The number of carbonyl (C=O) groups excluding carboxylic acids is 1. The quantitative estimate of drug-likeness (QED) is 0.839. The first-order valence-corrected chi connectivity index (χ1v) is 8.24. The van der Waals surface area contributed by atoms with Crippen LogP contribution in [0.25, 0.3) is 0 Å². The molecule has 0 atom stereocenters. The molecule has 1 heterocycles. The maximum Gasteiger partial charge on any atom is 0.407 e. The van der Waals surface area contributed by atoms with Crippen LogP contribution in [0, 0.1) is 0 Å². The van der Waals surface area contributed by atoms with Gasteiger partial charge in [-0.3, -0.25) is 0 Å². The molecule has 0 aliphatic heterocycles. The van der Waals surface area contributed by atoms with Crippen LogP contribution in [0.15, 0.2) is 42.6 Å². The third-order valence-electron chi connectivity index (χ3n) is 3.26. The van der Waals surface area contributed by atoms with Crippen LogP contribution in [-0.4, -0.2) is 23.2 Å². The molecule has 1 aromatic heterocycles. The third-order valence-corrected chi connectivity index (χ3v) is 3.26. The van der Waals surface area contributed by atoms with Crippen LogP contribution in [0.3, 0.4) is 0 Å². The Kier molecular flexibility index (Phi) is 6.36. The van der Waals surface area contributed by atoms with Crippen molar-refractivity contribution in [2.75, 3.05) is 6.54 Å². The minimum Gasteiger partial charge on any atom is -0.444 e. The van der Waals surface area contributed by atoms with Crippen LogP contribution >= 0.6 is 0 Å². The summed E-state index contributed by atoms with van der Waals surface area (Å²) in [4.78, 5) is 15.8. The van der Waals surface area contributed by atoms with E-state index in [1.54, 1.807) is 6.20 Å². The predicted octanol–water partition coefficient (Wildman–Crippen LogP) is 3.40. The molecular weight excluding hydrogens is 318 g/mol. The van der Waals surface area contributed by atoms with Crippen LogP contribution in [0.5, 0.6) is 11.6 Å². The summed E-state index contributed by atoms with van der Waals surface area (Å²) in [6.07, 6.45) is 1.98. The van der Waals surface area contributed by atoms with Crippen molar-refractivity contribution in [3.8, 4) is 11.6 Å². The second-order valence-electron chi connectivity index (χ2n) is 6.63. The molecule has 0 saturated heterocycles. The molecule has 134 valence electrons. The molecular formula is C19H25N3O3. The van der Waals surface area contributed by atoms with E-state index >= 15 is 0 Å². The number of pyridine rings is 1. The van der Waals surface area contributed by atoms with Gasteiger partial charge in [0, 0.05) is 25.4 Å². The number of aromatic nitrogens is 1. The summed E-state index contributed by atoms with van der Waals surface area (Å²) in [5, 5.41) is 2.74. The van der Waals surface area contributed by atoms with Crippen molar-refractivity contribution >= 4 is 6.09 Å². The molecule has 0 unspecified atom stereocenters. The average Bonchev–Trinajstić information content (AvgIpc) is 2.55. The normalized spacial score (nSPS) is 11.0. The van der Waals surface area contributed by atoms with E-state index in [0.29, 0.717) is 31.1 Å². The van der Waals surface area contributed by atoms with Gasteiger partial charge >= 0.3 is 6.09 Å². The molecule has 2 rings (SSSR count). The number of rotatable bonds is 6. The Balaban J connectivity index is 1.82. The molecule has 1 aromatic carbocycles. The smallest absolute Gasteiger partial charge is 0.407 e. The zero-order valence-corrected chi connectivity index (χ0v) is 14.9. The monoisotopic (exact) mass is 343 g/mol. The molecule has 0 radical (unpaired) electrons. The molecule has 0 aliphatic rings. The minimum absolute atomic E-state index is 0.404. The molecule has 0 fully saturated rings. The summed E-state index contributed by atoms with van der Waals surface area (Å²) >= 11 is 0. The van der Waals surface area contributed by atoms with Gasteiger partial charge in [0.25, 0.3) is 0 Å². The fraction of sp³-hybridized carbons (Fsp3) is 0.368. The van der Waals surface area contributed by atoms with E-state index in [2.05, 4.69) is 10.3 Å². The van der Waals surface area contributed by atoms with Gasteiger partial charge < -0.3 is 20.5 Å². The van der Waals surface area contributed by atoms with Crippen molar-refractivity contribution in [2.24, 2.45) is 5.73 Å². The number of nitrogens with two attached hydrogens (primary N) is 1. The molecule has 0 bridgehead atoms. The molecule has 0 aliphatic carbocycles. The lowest BCUT2D eigenvalue weighted by atomic mass is 10.1. The molecule has 6 nitrogen and oxygen atoms in total. The molecule has 0 saturated carbocycles. The van der Waals surface area contributed by atoms with Crippen molar-refractivity contribution in [3.05, 3.63) is 53.7 Å². The highest BCUT2D eigenvalue weighted by Crippen LogP contribution is 2.20. The number of amides is 1. The first-order valence-electron chi connectivity index (χ1n) is 8.24. The lowest BCUT2D eigenvalue weighted by molar-refractivity contribution is 0.0528. The summed E-state index contributed by atoms with van der Waals surface area (Å²) in [5.41, 5.74) is 7.18. The van der Waals surface area contributed by atoms with Gasteiger partial charge in [0.2, 0.25) is 5.88 Å². The third kappa shape index (κ3) is 6.81. The van der Waals surface area contributed by atoms with Gasteiger partial charge in [-0.15, -0.1) is 0 Å². The molecule has 3 N–H and O–H groups in total. The zero-order valence-electron chi connectivity index (χ0n) is 14.9. The number of carbonyl (C=O) groups is 1. The Hall–Kier alpha value is -2.60. The van der Waals surface area contributed by atoms with Crippen molar-refractivity contribution in [1.82, 2.24) is 10.3 Å². The number of benzene rings is 1. The number of alkyl carbamates (subject to hydrolysis) is 1. The van der Waals surface area contributed by atoms with Crippen molar-refractivity contribution in [2.45, 2.75) is 39.3 Å². The van der Waals surface area contributed by atoms with Gasteiger partial charge in [0.15, 0.2) is 0 Å². The number of hydrogen-bond donors (Lipinski definition) is 2. The molecule has 2 aromatic rings. The SMILES string of the molecule is CC(C)(C)OC(=O)NCCc1ccc(Oc2cc(CN)ccn2)cc1. The van der Waals surface area contributed by atoms with Crippen LogP contribution in [-0.2, 0) is 17.7 Å². The van der Waals surface area contributed by atoms with E-state index in [1.807, 2.05) is 57.2 Å². The topological polar surface area (TPSA) is 86.5 Å². The highest BCUT2D eigenvalue weighted by molar-refractivity contribution is 5.67. The average molecular weight is 343 g/mol. The van der Waals surface area contributed by atoms with E-state index < -0.39 is 11.7 Å². The minimum atomic E-state index is -0.488. The predicted molar refractivity (Wildman–Crippen MR) is 96.6 cm³/mol. The number of hydrogen-bond acceptors (Lipinski definition) is 5. The highest BCUT2D eigenvalue weighted by atomic mass is 16.6. The van der Waals surface area contributed by atoms with E-state index in [-0.39, 0.29) is 0 Å². The van der Waals surface area contributed by atoms with E-state index in [0.717, 1.165) is 11.1 Å². The fourth-order valence-corrected chi connectivity index (χ4v) is 2.10. The van der Waals surface area contributed by atoms with Crippen LogP contribution < -0.4 is 15.8 Å². The number of nitrogens with zero attached hydrogens (tertiary/aromatic N) is 1. The molecule has 0 spiro atoms. The summed E-state index contributed by atoms with van der Waals surface area (Å²) < 4.78 is 10.9. The van der Waals surface area contributed by atoms with Gasteiger partial charge in [0.1, 0.15) is 11.4 Å². The first-order chi connectivity index (χ1) is 11.9. The summed E-state index contributed by atoms with van der Waals surface area (Å²) in [6, 6.07) is 11.3. The zero-order chi connectivity index (χ0) is 18.3. The molecule has 6 heteroatoms. The summed E-state index contributed by atoms with van der Waals surface area (Å²) in [7, 11) is 0. The Labute approximate surface area is 148 Å². The standard InChI is InChI=1S/C19H25N3O3/c1-19(2,3)25-18(23)22-11-8-14-4-6-16(7-5-14)24-17-12-15(13-20)9-10-21-17/h4-7,9-10,12H,8,11,13,20H2,1-3H3,(H,22,23). The van der Waals surface area contributed by atoms with Crippen molar-refractivity contribution < 1.29 is 14.3 Å². The van der Waals surface area contributed by atoms with E-state index in [9.17, 15) is 4.79 Å². The lowest BCUT2D eigenvalue weighted by Gasteiger charge is -2.19. The van der Waals surface area contributed by atoms with Crippen molar-refractivity contribution in [1.29, 1.82) is 0 Å². The van der Waals surface area contributed by atoms with Gasteiger partial charge in [0.05, 0.1) is 0 Å². The van der Waals surface area contributed by atoms with Crippen LogP contribution in [0.4, 0.5) is 4.79 Å². The van der Waals surface area contributed by atoms with Crippen molar-refractivity contribution in [3.63, 3.8) is 0 Å². The van der Waals surface area contributed by atoms with Gasteiger partial charge in [-0.05, 0) is 56.5 Å². The first kappa shape index (κ1) is 18.7.